The van der Waals surface area contributed by atoms with Crippen LogP contribution in [-0.4, -0.2) is 41.9 Å². The number of carbonyl (C=O) groups is 1. The third-order valence-corrected chi connectivity index (χ3v) is 2.95. The van der Waals surface area contributed by atoms with Gasteiger partial charge in [0.15, 0.2) is 0 Å². The number of halogens is 1. The highest BCUT2D eigenvalue weighted by atomic mass is 35.5. The Bertz CT molecular complexity index is 401. The van der Waals surface area contributed by atoms with E-state index in [1.165, 1.54) is 0 Å². The van der Waals surface area contributed by atoms with Crippen LogP contribution < -0.4 is 5.32 Å². The van der Waals surface area contributed by atoms with E-state index < -0.39 is 0 Å². The van der Waals surface area contributed by atoms with Gasteiger partial charge in [0.25, 0.3) is 5.91 Å². The van der Waals surface area contributed by atoms with Crippen LogP contribution in [-0.2, 0) is 11.3 Å². The summed E-state index contributed by atoms with van der Waals surface area (Å²) in [6.07, 6.45) is 3.13. The molecule has 108 valence electrons. The summed E-state index contributed by atoms with van der Waals surface area (Å²) >= 11 is 5.94. The second kappa shape index (κ2) is 8.19. The van der Waals surface area contributed by atoms with Gasteiger partial charge in [-0.1, -0.05) is 18.5 Å². The Morgan fingerprint density at radius 3 is 2.95 bits per heavy atom. The summed E-state index contributed by atoms with van der Waals surface area (Å²) in [5.41, 5.74) is 0.533. The maximum atomic E-state index is 12.2. The first-order valence-corrected chi connectivity index (χ1v) is 6.76. The maximum absolute atomic E-state index is 12.2. The lowest BCUT2D eigenvalue weighted by Gasteiger charge is -2.17. The molecule has 5 nitrogen and oxygen atoms in total. The number of aryl methyl sites for hydroxylation is 1. The number of hydrogen-bond acceptors (Lipinski definition) is 3. The zero-order valence-corrected chi connectivity index (χ0v) is 12.1. The number of amides is 1. The molecule has 0 radical (unpaired) electrons. The summed E-state index contributed by atoms with van der Waals surface area (Å²) in [4.78, 5) is 12.2. The fraction of sp³-hybridized carbons (Fsp3) is 0.615. The zero-order valence-electron chi connectivity index (χ0n) is 11.4. The smallest absolute Gasteiger partial charge is 0.268 e. The molecule has 1 rings (SSSR count). The van der Waals surface area contributed by atoms with Crippen LogP contribution in [0.3, 0.4) is 0 Å². The van der Waals surface area contributed by atoms with E-state index in [1.54, 1.807) is 19.4 Å². The molecule has 0 spiro atoms. The highest BCUT2D eigenvalue weighted by Crippen LogP contribution is 2.15. The number of ether oxygens (including phenoxy) is 1. The highest BCUT2D eigenvalue weighted by molar-refractivity contribution is 6.31. The summed E-state index contributed by atoms with van der Waals surface area (Å²) in [5.74, 6) is -0.198. The van der Waals surface area contributed by atoms with Gasteiger partial charge in [-0.25, -0.2) is 0 Å². The van der Waals surface area contributed by atoms with Crippen LogP contribution >= 0.6 is 11.6 Å². The summed E-state index contributed by atoms with van der Waals surface area (Å²) in [7, 11) is 1.56. The molecule has 1 aromatic heterocycles. The van der Waals surface area contributed by atoms with E-state index in [4.69, 9.17) is 21.4 Å². The van der Waals surface area contributed by atoms with Crippen molar-refractivity contribution in [3.63, 3.8) is 0 Å². The second-order valence-electron chi connectivity index (χ2n) is 4.37. The van der Waals surface area contributed by atoms with Gasteiger partial charge < -0.3 is 19.7 Å². The average molecular weight is 289 g/mol. The molecule has 1 unspecified atom stereocenters. The Labute approximate surface area is 118 Å². The van der Waals surface area contributed by atoms with Gasteiger partial charge >= 0.3 is 0 Å². The lowest BCUT2D eigenvalue weighted by Crippen LogP contribution is -2.39. The van der Waals surface area contributed by atoms with Crippen molar-refractivity contribution in [2.45, 2.75) is 32.4 Å². The van der Waals surface area contributed by atoms with Gasteiger partial charge in [0.2, 0.25) is 0 Å². The van der Waals surface area contributed by atoms with E-state index in [1.807, 2.05) is 11.5 Å². The van der Waals surface area contributed by atoms with Gasteiger partial charge in [-0.2, -0.15) is 0 Å². The van der Waals surface area contributed by atoms with Crippen LogP contribution in [0, 0.1) is 0 Å². The van der Waals surface area contributed by atoms with Crippen molar-refractivity contribution in [3.8, 4) is 0 Å². The van der Waals surface area contributed by atoms with Crippen molar-refractivity contribution in [3.05, 3.63) is 23.0 Å². The third kappa shape index (κ3) is 4.86. The number of rotatable bonds is 8. The van der Waals surface area contributed by atoms with Crippen molar-refractivity contribution in [2.24, 2.45) is 0 Å². The summed E-state index contributed by atoms with van der Waals surface area (Å²) in [5, 5.41) is 12.3. The Kier molecular flexibility index (Phi) is 6.91. The van der Waals surface area contributed by atoms with Gasteiger partial charge in [-0.3, -0.25) is 4.79 Å². The molecule has 19 heavy (non-hydrogen) atoms. The van der Waals surface area contributed by atoms with Crippen molar-refractivity contribution in [1.82, 2.24) is 9.88 Å². The van der Waals surface area contributed by atoms with Crippen LogP contribution in [0.25, 0.3) is 0 Å². The van der Waals surface area contributed by atoms with E-state index >= 15 is 0 Å². The van der Waals surface area contributed by atoms with Gasteiger partial charge in [0.05, 0.1) is 17.7 Å². The SMILES string of the molecule is CCCn1cc(Cl)cc1C(=O)NC(CCO)COC. The number of carbonyl (C=O) groups excluding carboxylic acids is 1. The lowest BCUT2D eigenvalue weighted by atomic mass is 10.2. The number of hydrogen-bond donors (Lipinski definition) is 2. The number of nitrogens with zero attached hydrogens (tertiary/aromatic N) is 1. The fourth-order valence-corrected chi connectivity index (χ4v) is 2.13. The minimum absolute atomic E-state index is 0.00499. The first-order chi connectivity index (χ1) is 9.12. The molecule has 1 aromatic rings. The minimum Gasteiger partial charge on any atom is -0.396 e. The van der Waals surface area contributed by atoms with Crippen molar-refractivity contribution < 1.29 is 14.6 Å². The Morgan fingerprint density at radius 1 is 1.63 bits per heavy atom. The molecule has 1 amide bonds. The number of aliphatic hydroxyl groups excluding tert-OH is 1. The van der Waals surface area contributed by atoms with Crippen molar-refractivity contribution in [1.29, 1.82) is 0 Å². The van der Waals surface area contributed by atoms with E-state index in [0.29, 0.717) is 23.7 Å². The Morgan fingerprint density at radius 2 is 2.37 bits per heavy atom. The molecule has 2 N–H and O–H groups in total. The second-order valence-corrected chi connectivity index (χ2v) is 4.81. The monoisotopic (exact) mass is 288 g/mol. The van der Waals surface area contributed by atoms with E-state index in [0.717, 1.165) is 13.0 Å². The lowest BCUT2D eigenvalue weighted by molar-refractivity contribution is 0.0869. The molecule has 0 aliphatic heterocycles. The highest BCUT2D eigenvalue weighted by Gasteiger charge is 2.17. The first-order valence-electron chi connectivity index (χ1n) is 6.38. The molecule has 0 aromatic carbocycles. The topological polar surface area (TPSA) is 63.5 Å². The molecule has 1 heterocycles. The van der Waals surface area contributed by atoms with E-state index in [2.05, 4.69) is 5.32 Å². The molecule has 0 saturated heterocycles. The van der Waals surface area contributed by atoms with Crippen LogP contribution in [0.1, 0.15) is 30.3 Å². The molecule has 6 heteroatoms. The molecule has 1 atom stereocenters. The van der Waals surface area contributed by atoms with Gasteiger partial charge in [-0.15, -0.1) is 0 Å². The Balaban J connectivity index is 2.75. The summed E-state index contributed by atoms with van der Waals surface area (Å²) in [6, 6.07) is 1.45. The van der Waals surface area contributed by atoms with Gasteiger partial charge in [0.1, 0.15) is 5.69 Å². The molecule has 0 aliphatic carbocycles. The first kappa shape index (κ1) is 16.0. The number of aliphatic hydroxyl groups is 1. The predicted octanol–water partition coefficient (Wildman–Crippen LogP) is 1.68. The zero-order chi connectivity index (χ0) is 14.3. The van der Waals surface area contributed by atoms with Crippen LogP contribution in [0.2, 0.25) is 5.02 Å². The molecule has 0 fully saturated rings. The molecule has 0 bridgehead atoms. The van der Waals surface area contributed by atoms with E-state index in [-0.39, 0.29) is 18.6 Å². The molecular weight excluding hydrogens is 268 g/mol. The average Bonchev–Trinajstić information content (AvgIpc) is 2.71. The summed E-state index contributed by atoms with van der Waals surface area (Å²) < 4.78 is 6.85. The quantitative estimate of drug-likeness (QED) is 0.765. The van der Waals surface area contributed by atoms with Crippen LogP contribution in [0.15, 0.2) is 12.3 Å². The van der Waals surface area contributed by atoms with Crippen LogP contribution in [0.5, 0.6) is 0 Å². The van der Waals surface area contributed by atoms with Gasteiger partial charge in [-0.05, 0) is 18.9 Å². The largest absolute Gasteiger partial charge is 0.396 e. The fourth-order valence-electron chi connectivity index (χ4n) is 1.90. The molecular formula is C13H21ClN2O3. The van der Waals surface area contributed by atoms with E-state index in [9.17, 15) is 4.79 Å². The van der Waals surface area contributed by atoms with Crippen molar-refractivity contribution >= 4 is 17.5 Å². The number of nitrogens with one attached hydrogen (secondary N) is 1. The minimum atomic E-state index is -0.203. The van der Waals surface area contributed by atoms with Crippen molar-refractivity contribution in [2.75, 3.05) is 20.3 Å². The number of methoxy groups -OCH3 is 1. The van der Waals surface area contributed by atoms with Gasteiger partial charge in [0, 0.05) is 26.5 Å². The predicted molar refractivity (Wildman–Crippen MR) is 74.6 cm³/mol. The molecule has 0 saturated carbocycles. The molecule has 0 aliphatic rings. The Hall–Kier alpha value is -1.04. The maximum Gasteiger partial charge on any atom is 0.268 e. The summed E-state index contributed by atoms with van der Waals surface area (Å²) in [6.45, 7) is 3.15. The normalized spacial score (nSPS) is 12.4. The standard InChI is InChI=1S/C13H21ClN2O3/c1-3-5-16-8-10(14)7-12(16)13(18)15-11(4-6-17)9-19-2/h7-8,11,17H,3-6,9H2,1-2H3,(H,15,18). The number of aromatic nitrogens is 1. The third-order valence-electron chi connectivity index (χ3n) is 2.74. The van der Waals surface area contributed by atoms with Crippen LogP contribution in [0.4, 0.5) is 0 Å².